The zero-order valence-electron chi connectivity index (χ0n) is 11.2. The van der Waals surface area contributed by atoms with Crippen LogP contribution in [0, 0.1) is 0 Å². The van der Waals surface area contributed by atoms with Crippen LogP contribution in [-0.4, -0.2) is 37.0 Å². The van der Waals surface area contributed by atoms with Crippen LogP contribution in [0.2, 0.25) is 0 Å². The quantitative estimate of drug-likeness (QED) is 0.747. The number of methoxy groups -OCH3 is 1. The lowest BCUT2D eigenvalue weighted by Crippen LogP contribution is -2.23. The Hall–Kier alpha value is -1.31. The first kappa shape index (κ1) is 16.7. The van der Waals surface area contributed by atoms with E-state index in [-0.39, 0.29) is 17.7 Å². The second kappa shape index (κ2) is 6.92. The van der Waals surface area contributed by atoms with E-state index >= 15 is 0 Å². The topological polar surface area (TPSA) is 61.7 Å². The molecule has 0 heterocycles. The molecule has 0 aliphatic heterocycles. The van der Waals surface area contributed by atoms with E-state index in [0.717, 1.165) is 18.2 Å². The summed E-state index contributed by atoms with van der Waals surface area (Å²) < 4.78 is 42.6. The van der Waals surface area contributed by atoms with E-state index in [1.165, 1.54) is 7.11 Å². The van der Waals surface area contributed by atoms with Crippen molar-refractivity contribution < 1.29 is 28.1 Å². The predicted octanol–water partition coefficient (Wildman–Crippen LogP) is 1.72. The van der Waals surface area contributed by atoms with E-state index in [2.05, 4.69) is 5.32 Å². The standard InChI is InChI=1S/C13H18F3NO3/c1-17-6-5-10(18)12(19)9-4-3-8(13(14,15)16)7-11(9)20-2/h3-4,7,10,12,17-19H,5-6H2,1-2H3. The SMILES string of the molecule is CNCCC(O)C(O)c1ccc(C(F)(F)F)cc1OC. The van der Waals surface area contributed by atoms with Gasteiger partial charge in [0.1, 0.15) is 11.9 Å². The number of benzene rings is 1. The number of nitrogens with one attached hydrogen (secondary N) is 1. The summed E-state index contributed by atoms with van der Waals surface area (Å²) in [5, 5.41) is 22.6. The zero-order valence-corrected chi connectivity index (χ0v) is 11.2. The summed E-state index contributed by atoms with van der Waals surface area (Å²) in [7, 11) is 2.91. The highest BCUT2D eigenvalue weighted by atomic mass is 19.4. The molecule has 0 bridgehead atoms. The number of rotatable bonds is 6. The van der Waals surface area contributed by atoms with Crippen LogP contribution in [0.1, 0.15) is 23.7 Å². The van der Waals surface area contributed by atoms with E-state index in [9.17, 15) is 23.4 Å². The lowest BCUT2D eigenvalue weighted by molar-refractivity contribution is -0.137. The average molecular weight is 293 g/mol. The largest absolute Gasteiger partial charge is 0.496 e. The molecule has 4 nitrogen and oxygen atoms in total. The van der Waals surface area contributed by atoms with Crippen molar-refractivity contribution in [3.8, 4) is 5.75 Å². The van der Waals surface area contributed by atoms with Crippen LogP contribution in [0.15, 0.2) is 18.2 Å². The molecule has 0 spiro atoms. The number of aliphatic hydroxyl groups is 2. The van der Waals surface area contributed by atoms with Gasteiger partial charge in [-0.15, -0.1) is 0 Å². The van der Waals surface area contributed by atoms with E-state index < -0.39 is 23.9 Å². The predicted molar refractivity (Wildman–Crippen MR) is 67.5 cm³/mol. The van der Waals surface area contributed by atoms with E-state index in [1.807, 2.05) is 0 Å². The number of halogens is 3. The van der Waals surface area contributed by atoms with Crippen molar-refractivity contribution in [1.29, 1.82) is 0 Å². The second-order valence-electron chi connectivity index (χ2n) is 4.36. The van der Waals surface area contributed by atoms with Gasteiger partial charge in [-0.2, -0.15) is 13.2 Å². The van der Waals surface area contributed by atoms with Crippen molar-refractivity contribution >= 4 is 0 Å². The van der Waals surface area contributed by atoms with Gasteiger partial charge in [-0.3, -0.25) is 0 Å². The maximum atomic E-state index is 12.6. The van der Waals surface area contributed by atoms with E-state index in [0.29, 0.717) is 6.54 Å². The molecule has 3 N–H and O–H groups in total. The monoisotopic (exact) mass is 293 g/mol. The third-order valence-corrected chi connectivity index (χ3v) is 2.93. The van der Waals surface area contributed by atoms with Crippen LogP contribution in [0.5, 0.6) is 5.75 Å². The normalized spacial score (nSPS) is 14.9. The number of ether oxygens (including phenoxy) is 1. The molecule has 2 unspecified atom stereocenters. The smallest absolute Gasteiger partial charge is 0.416 e. The number of hydrogen-bond acceptors (Lipinski definition) is 4. The summed E-state index contributed by atoms with van der Waals surface area (Å²) in [6.07, 6.45) is -6.61. The average Bonchev–Trinajstić information content (AvgIpc) is 2.42. The molecule has 0 aromatic heterocycles. The van der Waals surface area contributed by atoms with Crippen LogP contribution >= 0.6 is 0 Å². The Morgan fingerprint density at radius 2 is 1.95 bits per heavy atom. The zero-order chi connectivity index (χ0) is 15.3. The van der Waals surface area contributed by atoms with Crippen molar-refractivity contribution in [3.05, 3.63) is 29.3 Å². The van der Waals surface area contributed by atoms with Crippen LogP contribution < -0.4 is 10.1 Å². The van der Waals surface area contributed by atoms with Gasteiger partial charge in [0.05, 0.1) is 18.8 Å². The minimum atomic E-state index is -4.48. The Bertz CT molecular complexity index is 437. The van der Waals surface area contributed by atoms with Crippen LogP contribution in [0.25, 0.3) is 0 Å². The Morgan fingerprint density at radius 3 is 2.45 bits per heavy atom. The van der Waals surface area contributed by atoms with Gasteiger partial charge >= 0.3 is 6.18 Å². The molecule has 1 rings (SSSR count). The molecule has 114 valence electrons. The van der Waals surface area contributed by atoms with Gasteiger partial charge in [0.25, 0.3) is 0 Å². The first-order valence-electron chi connectivity index (χ1n) is 6.07. The summed E-state index contributed by atoms with van der Waals surface area (Å²) >= 11 is 0. The van der Waals surface area contributed by atoms with E-state index in [4.69, 9.17) is 4.74 Å². The molecular formula is C13H18F3NO3. The molecular weight excluding hydrogens is 275 g/mol. The van der Waals surface area contributed by atoms with Crippen molar-refractivity contribution in [2.24, 2.45) is 0 Å². The fourth-order valence-electron chi connectivity index (χ4n) is 1.79. The van der Waals surface area contributed by atoms with Crippen molar-refractivity contribution in [2.45, 2.75) is 24.8 Å². The highest BCUT2D eigenvalue weighted by molar-refractivity contribution is 5.40. The Labute approximate surface area is 115 Å². The Kier molecular flexibility index (Phi) is 5.79. The summed E-state index contributed by atoms with van der Waals surface area (Å²) in [4.78, 5) is 0. The molecule has 7 heteroatoms. The third-order valence-electron chi connectivity index (χ3n) is 2.93. The van der Waals surface area contributed by atoms with Gasteiger partial charge in [0.2, 0.25) is 0 Å². The molecule has 0 fully saturated rings. The number of aliphatic hydroxyl groups excluding tert-OH is 2. The molecule has 20 heavy (non-hydrogen) atoms. The first-order valence-corrected chi connectivity index (χ1v) is 6.07. The Balaban J connectivity index is 3.00. The maximum Gasteiger partial charge on any atom is 0.416 e. The molecule has 2 atom stereocenters. The van der Waals surface area contributed by atoms with Gasteiger partial charge in [-0.1, -0.05) is 6.07 Å². The highest BCUT2D eigenvalue weighted by Crippen LogP contribution is 2.35. The molecule has 0 radical (unpaired) electrons. The number of alkyl halides is 3. The van der Waals surface area contributed by atoms with Gasteiger partial charge in [0, 0.05) is 5.56 Å². The van der Waals surface area contributed by atoms with Crippen molar-refractivity contribution in [2.75, 3.05) is 20.7 Å². The van der Waals surface area contributed by atoms with Gasteiger partial charge < -0.3 is 20.3 Å². The molecule has 0 aliphatic carbocycles. The summed E-state index contributed by atoms with van der Waals surface area (Å²) in [5.74, 6) is -0.101. The van der Waals surface area contributed by atoms with Gasteiger partial charge in [-0.05, 0) is 32.1 Å². The fraction of sp³-hybridized carbons (Fsp3) is 0.538. The summed E-state index contributed by atoms with van der Waals surface area (Å²) in [5.41, 5.74) is -0.737. The maximum absolute atomic E-state index is 12.6. The molecule has 0 saturated carbocycles. The molecule has 1 aromatic rings. The minimum Gasteiger partial charge on any atom is -0.496 e. The van der Waals surface area contributed by atoms with Gasteiger partial charge in [-0.25, -0.2) is 0 Å². The lowest BCUT2D eigenvalue weighted by Gasteiger charge is -2.21. The van der Waals surface area contributed by atoms with Crippen LogP contribution in [0.3, 0.4) is 0 Å². The van der Waals surface area contributed by atoms with E-state index in [1.54, 1.807) is 7.05 Å². The van der Waals surface area contributed by atoms with Crippen LogP contribution in [0.4, 0.5) is 13.2 Å². The third kappa shape index (κ3) is 4.09. The van der Waals surface area contributed by atoms with Gasteiger partial charge in [0.15, 0.2) is 0 Å². The Morgan fingerprint density at radius 1 is 1.30 bits per heavy atom. The minimum absolute atomic E-state index is 0.101. The summed E-state index contributed by atoms with van der Waals surface area (Å²) in [6.45, 7) is 0.473. The van der Waals surface area contributed by atoms with Crippen LogP contribution in [-0.2, 0) is 6.18 Å². The molecule has 0 saturated heterocycles. The van der Waals surface area contributed by atoms with Crippen molar-refractivity contribution in [3.63, 3.8) is 0 Å². The molecule has 0 amide bonds. The lowest BCUT2D eigenvalue weighted by atomic mass is 9.99. The molecule has 1 aromatic carbocycles. The summed E-state index contributed by atoms with van der Waals surface area (Å²) in [6, 6.07) is 2.78. The second-order valence-corrected chi connectivity index (χ2v) is 4.36. The fourth-order valence-corrected chi connectivity index (χ4v) is 1.79. The first-order chi connectivity index (χ1) is 9.31. The molecule has 0 aliphatic rings. The highest BCUT2D eigenvalue weighted by Gasteiger charge is 2.32. The van der Waals surface area contributed by atoms with Crippen molar-refractivity contribution in [1.82, 2.24) is 5.32 Å². The number of hydrogen-bond donors (Lipinski definition) is 3.